The molecule has 1 amide bonds. The van der Waals surface area contributed by atoms with Crippen LogP contribution < -0.4 is 10.1 Å². The molecule has 0 radical (unpaired) electrons. The molecule has 0 bridgehead atoms. The summed E-state index contributed by atoms with van der Waals surface area (Å²) in [7, 11) is -2.09. The Balaban J connectivity index is 1.68. The number of amides is 1. The lowest BCUT2D eigenvalue weighted by Gasteiger charge is -2.17. The fourth-order valence-corrected chi connectivity index (χ4v) is 4.29. The van der Waals surface area contributed by atoms with Crippen molar-refractivity contribution in [2.75, 3.05) is 20.1 Å². The summed E-state index contributed by atoms with van der Waals surface area (Å²) in [4.78, 5) is 15.9. The van der Waals surface area contributed by atoms with E-state index in [0.717, 1.165) is 5.69 Å². The standard InChI is InChI=1S/C18H21N3O4S/c1-13-3-6-15(11-20-13)25-16-9-10-21(12-16)26(23,24)17-7-4-14(5-8-17)18(22)19-2/h3-8,11,16H,9-10,12H2,1-2H3,(H,19,22). The van der Waals surface area contributed by atoms with E-state index in [4.69, 9.17) is 4.74 Å². The Kier molecular flexibility index (Phi) is 5.24. The molecule has 0 spiro atoms. The van der Waals surface area contributed by atoms with Gasteiger partial charge in [-0.25, -0.2) is 8.42 Å². The van der Waals surface area contributed by atoms with Crippen molar-refractivity contribution in [3.63, 3.8) is 0 Å². The number of rotatable bonds is 5. The Bertz CT molecular complexity index is 880. The Morgan fingerprint density at radius 3 is 2.58 bits per heavy atom. The predicted octanol–water partition coefficient (Wildman–Crippen LogP) is 1.59. The predicted molar refractivity (Wildman–Crippen MR) is 96.6 cm³/mol. The summed E-state index contributed by atoms with van der Waals surface area (Å²) in [5.74, 6) is 0.380. The Labute approximate surface area is 153 Å². The normalized spacial score (nSPS) is 17.8. The molecule has 1 aromatic carbocycles. The molecule has 1 saturated heterocycles. The fourth-order valence-electron chi connectivity index (χ4n) is 2.80. The molecule has 26 heavy (non-hydrogen) atoms. The molecule has 7 nitrogen and oxygen atoms in total. The number of hydrogen-bond donors (Lipinski definition) is 1. The van der Waals surface area contributed by atoms with E-state index in [-0.39, 0.29) is 23.5 Å². The Morgan fingerprint density at radius 1 is 1.23 bits per heavy atom. The number of aromatic nitrogens is 1. The van der Waals surface area contributed by atoms with Gasteiger partial charge in [0.05, 0.1) is 17.6 Å². The van der Waals surface area contributed by atoms with Crippen molar-refractivity contribution in [3.8, 4) is 5.75 Å². The summed E-state index contributed by atoms with van der Waals surface area (Å²) in [6, 6.07) is 9.61. The van der Waals surface area contributed by atoms with Crippen LogP contribution in [0.15, 0.2) is 47.5 Å². The molecule has 1 aliphatic rings. The number of nitrogens with zero attached hydrogens (tertiary/aromatic N) is 2. The highest BCUT2D eigenvalue weighted by molar-refractivity contribution is 7.89. The molecule has 2 aromatic rings. The first-order valence-electron chi connectivity index (χ1n) is 8.32. The van der Waals surface area contributed by atoms with Crippen molar-refractivity contribution in [1.29, 1.82) is 0 Å². The SMILES string of the molecule is CNC(=O)c1ccc(S(=O)(=O)N2CCC(Oc3ccc(C)nc3)C2)cc1. The quantitative estimate of drug-likeness (QED) is 0.857. The molecule has 8 heteroatoms. The smallest absolute Gasteiger partial charge is 0.251 e. The van der Waals surface area contributed by atoms with Crippen LogP contribution in [0.5, 0.6) is 5.75 Å². The van der Waals surface area contributed by atoms with Gasteiger partial charge in [0.25, 0.3) is 5.91 Å². The number of carbonyl (C=O) groups excluding carboxylic acids is 1. The second-order valence-corrected chi connectivity index (χ2v) is 8.07. The van der Waals surface area contributed by atoms with Gasteiger partial charge >= 0.3 is 0 Å². The highest BCUT2D eigenvalue weighted by atomic mass is 32.2. The van der Waals surface area contributed by atoms with Gasteiger partial charge in [0.15, 0.2) is 0 Å². The number of hydrogen-bond acceptors (Lipinski definition) is 5. The first-order valence-corrected chi connectivity index (χ1v) is 9.76. The van der Waals surface area contributed by atoms with E-state index < -0.39 is 10.0 Å². The first-order chi connectivity index (χ1) is 12.4. The molecule has 138 valence electrons. The minimum Gasteiger partial charge on any atom is -0.487 e. The van der Waals surface area contributed by atoms with Crippen molar-refractivity contribution >= 4 is 15.9 Å². The molecule has 1 N–H and O–H groups in total. The molecule has 2 heterocycles. The lowest BCUT2D eigenvalue weighted by Crippen LogP contribution is -2.31. The van der Waals surface area contributed by atoms with E-state index in [1.165, 1.54) is 35.6 Å². The molecule has 0 saturated carbocycles. The molecular formula is C18H21N3O4S. The highest BCUT2D eigenvalue weighted by Gasteiger charge is 2.33. The summed E-state index contributed by atoms with van der Waals surface area (Å²) in [6.45, 7) is 2.57. The van der Waals surface area contributed by atoms with Crippen LogP contribution in [0.1, 0.15) is 22.5 Å². The van der Waals surface area contributed by atoms with Crippen molar-refractivity contribution in [3.05, 3.63) is 53.9 Å². The van der Waals surface area contributed by atoms with Crippen LogP contribution >= 0.6 is 0 Å². The average Bonchev–Trinajstić information content (AvgIpc) is 3.12. The minimum atomic E-state index is -3.61. The molecule has 3 rings (SSSR count). The largest absolute Gasteiger partial charge is 0.487 e. The first kappa shape index (κ1) is 18.3. The number of ether oxygens (including phenoxy) is 1. The third kappa shape index (κ3) is 3.86. The molecule has 1 fully saturated rings. The lowest BCUT2D eigenvalue weighted by atomic mass is 10.2. The van der Waals surface area contributed by atoms with Gasteiger partial charge < -0.3 is 10.1 Å². The second-order valence-electron chi connectivity index (χ2n) is 6.13. The van der Waals surface area contributed by atoms with E-state index in [1.807, 2.05) is 19.1 Å². The van der Waals surface area contributed by atoms with Crippen molar-refractivity contribution < 1.29 is 17.9 Å². The highest BCUT2D eigenvalue weighted by Crippen LogP contribution is 2.24. The zero-order valence-electron chi connectivity index (χ0n) is 14.7. The van der Waals surface area contributed by atoms with E-state index in [1.54, 1.807) is 6.20 Å². The Hall–Kier alpha value is -2.45. The number of sulfonamides is 1. The lowest BCUT2D eigenvalue weighted by molar-refractivity contribution is 0.0963. The van der Waals surface area contributed by atoms with Gasteiger partial charge in [-0.2, -0.15) is 4.31 Å². The van der Waals surface area contributed by atoms with Crippen LogP contribution in [0.4, 0.5) is 0 Å². The third-order valence-corrected chi connectivity index (χ3v) is 6.16. The third-order valence-electron chi connectivity index (χ3n) is 4.28. The summed E-state index contributed by atoms with van der Waals surface area (Å²) in [5, 5.41) is 2.51. The maximum Gasteiger partial charge on any atom is 0.251 e. The number of pyridine rings is 1. The monoisotopic (exact) mass is 375 g/mol. The van der Waals surface area contributed by atoms with Gasteiger partial charge in [-0.05, 0) is 49.7 Å². The van der Waals surface area contributed by atoms with Crippen LogP contribution in [-0.2, 0) is 10.0 Å². The maximum atomic E-state index is 12.8. The van der Waals surface area contributed by atoms with Gasteiger partial charge in [-0.3, -0.25) is 9.78 Å². The fraction of sp³-hybridized carbons (Fsp3) is 0.333. The second kappa shape index (κ2) is 7.43. The molecule has 0 aliphatic carbocycles. The number of carbonyl (C=O) groups is 1. The molecular weight excluding hydrogens is 354 g/mol. The van der Waals surface area contributed by atoms with E-state index in [2.05, 4.69) is 10.3 Å². The van der Waals surface area contributed by atoms with E-state index >= 15 is 0 Å². The van der Waals surface area contributed by atoms with Crippen LogP contribution in [0.3, 0.4) is 0 Å². The van der Waals surface area contributed by atoms with Gasteiger partial charge in [-0.1, -0.05) is 0 Å². The van der Waals surface area contributed by atoms with Gasteiger partial charge in [-0.15, -0.1) is 0 Å². The van der Waals surface area contributed by atoms with Gasteiger partial charge in [0, 0.05) is 24.8 Å². The molecule has 1 aromatic heterocycles. The van der Waals surface area contributed by atoms with Crippen molar-refractivity contribution in [2.24, 2.45) is 0 Å². The van der Waals surface area contributed by atoms with E-state index in [9.17, 15) is 13.2 Å². The molecule has 1 aliphatic heterocycles. The topological polar surface area (TPSA) is 88.6 Å². The number of benzene rings is 1. The molecule has 1 unspecified atom stereocenters. The van der Waals surface area contributed by atoms with E-state index in [0.29, 0.717) is 24.3 Å². The summed E-state index contributed by atoms with van der Waals surface area (Å²) >= 11 is 0. The van der Waals surface area contributed by atoms with Crippen LogP contribution in [0, 0.1) is 6.92 Å². The van der Waals surface area contributed by atoms with Crippen molar-refractivity contribution in [2.45, 2.75) is 24.3 Å². The zero-order valence-corrected chi connectivity index (χ0v) is 15.5. The van der Waals surface area contributed by atoms with Crippen LogP contribution in [0.25, 0.3) is 0 Å². The Morgan fingerprint density at radius 2 is 1.96 bits per heavy atom. The number of aryl methyl sites for hydroxylation is 1. The van der Waals surface area contributed by atoms with Crippen molar-refractivity contribution in [1.82, 2.24) is 14.6 Å². The minimum absolute atomic E-state index is 0.169. The van der Waals surface area contributed by atoms with Crippen LogP contribution in [0.2, 0.25) is 0 Å². The van der Waals surface area contributed by atoms with Crippen LogP contribution in [-0.4, -0.2) is 49.9 Å². The molecule has 1 atom stereocenters. The number of nitrogens with one attached hydrogen (secondary N) is 1. The zero-order chi connectivity index (χ0) is 18.7. The van der Waals surface area contributed by atoms with Gasteiger partial charge in [0.2, 0.25) is 10.0 Å². The average molecular weight is 375 g/mol. The summed E-state index contributed by atoms with van der Waals surface area (Å²) in [5.41, 5.74) is 1.31. The maximum absolute atomic E-state index is 12.8. The van der Waals surface area contributed by atoms with Gasteiger partial charge in [0.1, 0.15) is 11.9 Å². The summed E-state index contributed by atoms with van der Waals surface area (Å²) in [6.07, 6.45) is 2.05. The summed E-state index contributed by atoms with van der Waals surface area (Å²) < 4.78 is 32.8.